The van der Waals surface area contributed by atoms with Gasteiger partial charge in [-0.3, -0.25) is 0 Å². The van der Waals surface area contributed by atoms with Crippen molar-refractivity contribution < 1.29 is 43.1 Å². The van der Waals surface area contributed by atoms with Crippen molar-refractivity contribution >= 4 is 12.1 Å². The zero-order valence-corrected chi connectivity index (χ0v) is 19.6. The second kappa shape index (κ2) is 10.4. The molecule has 2 heterocycles. The Kier molecular flexibility index (Phi) is 7.96. The molecule has 2 aliphatic rings. The maximum Gasteiger partial charge on any atom is 0.408 e. The summed E-state index contributed by atoms with van der Waals surface area (Å²) in [5, 5.41) is 13.5. The molecular weight excluding hydrogens is 434 g/mol. The van der Waals surface area contributed by atoms with Crippen molar-refractivity contribution in [1.82, 2.24) is 5.32 Å². The van der Waals surface area contributed by atoms with Gasteiger partial charge in [0, 0.05) is 6.42 Å². The van der Waals surface area contributed by atoms with E-state index < -0.39 is 54.1 Å². The number of benzene rings is 1. The first-order valence-corrected chi connectivity index (χ1v) is 10.9. The molecule has 1 amide bonds. The van der Waals surface area contributed by atoms with E-state index in [4.69, 9.17) is 28.4 Å². The van der Waals surface area contributed by atoms with Crippen molar-refractivity contribution in [2.75, 3.05) is 13.7 Å². The van der Waals surface area contributed by atoms with E-state index in [1.165, 1.54) is 7.11 Å². The third-order valence-electron chi connectivity index (χ3n) is 5.43. The Morgan fingerprint density at radius 2 is 1.82 bits per heavy atom. The second-order valence-corrected chi connectivity index (χ2v) is 9.01. The minimum absolute atomic E-state index is 0.00473. The van der Waals surface area contributed by atoms with Crippen LogP contribution in [-0.2, 0) is 39.8 Å². The summed E-state index contributed by atoms with van der Waals surface area (Å²) < 4.78 is 33.3. The molecule has 2 fully saturated rings. The molecule has 0 radical (unpaired) electrons. The van der Waals surface area contributed by atoms with E-state index >= 15 is 0 Å². The van der Waals surface area contributed by atoms with Crippen LogP contribution in [0.15, 0.2) is 30.3 Å². The van der Waals surface area contributed by atoms with Gasteiger partial charge >= 0.3 is 12.1 Å². The number of esters is 1. The van der Waals surface area contributed by atoms with E-state index in [0.717, 1.165) is 5.56 Å². The van der Waals surface area contributed by atoms with Crippen LogP contribution in [-0.4, -0.2) is 72.9 Å². The number of carbonyl (C=O) groups excluding carboxylic acids is 2. The first kappa shape index (κ1) is 25.4. The Hall–Kier alpha value is -2.24. The molecule has 0 bridgehead atoms. The summed E-state index contributed by atoms with van der Waals surface area (Å²) in [6.45, 7) is 7.16. The Bertz CT molecular complexity index is 813. The minimum atomic E-state index is -1.08. The topological polar surface area (TPSA) is 122 Å². The van der Waals surface area contributed by atoms with Crippen molar-refractivity contribution in [1.29, 1.82) is 0 Å². The number of aliphatic hydroxyl groups excluding tert-OH is 1. The molecule has 3 rings (SSSR count). The number of rotatable bonds is 8. The van der Waals surface area contributed by atoms with Crippen molar-refractivity contribution in [3.05, 3.63) is 35.9 Å². The molecule has 1 aromatic carbocycles. The summed E-state index contributed by atoms with van der Waals surface area (Å²) in [5.74, 6) is -2.51. The number of aliphatic hydroxyl groups is 1. The molecule has 0 saturated carbocycles. The Morgan fingerprint density at radius 1 is 1.12 bits per heavy atom. The molecule has 2 saturated heterocycles. The third kappa shape index (κ3) is 6.87. The minimum Gasteiger partial charge on any atom is -0.467 e. The van der Waals surface area contributed by atoms with Crippen LogP contribution in [0, 0.1) is 0 Å². The van der Waals surface area contributed by atoms with Crippen LogP contribution < -0.4 is 5.32 Å². The predicted molar refractivity (Wildman–Crippen MR) is 115 cm³/mol. The van der Waals surface area contributed by atoms with Crippen molar-refractivity contribution in [3.63, 3.8) is 0 Å². The van der Waals surface area contributed by atoms with Gasteiger partial charge < -0.3 is 38.8 Å². The average Bonchev–Trinajstić information content (AvgIpc) is 3.29. The van der Waals surface area contributed by atoms with Gasteiger partial charge in [-0.05, 0) is 33.3 Å². The molecule has 184 valence electrons. The van der Waals surface area contributed by atoms with Gasteiger partial charge in [0.15, 0.2) is 11.6 Å². The number of carbonyl (C=O) groups is 2. The summed E-state index contributed by atoms with van der Waals surface area (Å²) in [5.41, 5.74) is 0.807. The fraction of sp³-hybridized carbons (Fsp3) is 0.652. The van der Waals surface area contributed by atoms with Crippen LogP contribution in [0.2, 0.25) is 0 Å². The van der Waals surface area contributed by atoms with Crippen molar-refractivity contribution in [2.45, 2.75) is 82.8 Å². The second-order valence-electron chi connectivity index (χ2n) is 9.01. The molecule has 0 aromatic heterocycles. The summed E-state index contributed by atoms with van der Waals surface area (Å²) in [7, 11) is 1.22. The number of hydrogen-bond donors (Lipinski definition) is 2. The molecule has 2 aliphatic heterocycles. The van der Waals surface area contributed by atoms with Crippen molar-refractivity contribution in [3.8, 4) is 0 Å². The number of alkyl carbamates (subject to hydrolysis) is 1. The number of methoxy groups -OCH3 is 1. The molecule has 33 heavy (non-hydrogen) atoms. The van der Waals surface area contributed by atoms with Gasteiger partial charge in [0.2, 0.25) is 0 Å². The maximum absolute atomic E-state index is 12.4. The standard InChI is InChI=1S/C23H33NO9/c1-22(2)30-13-17(32-22)18(25)19-16(31-23(3,4)33-19)11-15(20(26)28-5)24-21(27)29-12-14-9-7-6-8-10-14/h6-10,15-19,25H,11-13H2,1-5H3,(H,24,27)/t15?,16-,17-,18-,19-/m1/s1. The van der Waals surface area contributed by atoms with Crippen LogP contribution in [0.5, 0.6) is 0 Å². The predicted octanol–water partition coefficient (Wildman–Crippen LogP) is 1.88. The van der Waals surface area contributed by atoms with E-state index in [9.17, 15) is 14.7 Å². The van der Waals surface area contributed by atoms with Crippen LogP contribution in [0.25, 0.3) is 0 Å². The molecule has 2 N–H and O–H groups in total. The maximum atomic E-state index is 12.4. The fourth-order valence-corrected chi connectivity index (χ4v) is 3.93. The average molecular weight is 468 g/mol. The number of nitrogens with one attached hydrogen (secondary N) is 1. The van der Waals surface area contributed by atoms with Gasteiger partial charge in [-0.15, -0.1) is 0 Å². The molecule has 10 nitrogen and oxygen atoms in total. The highest BCUT2D eigenvalue weighted by Crippen LogP contribution is 2.36. The Labute approximate surface area is 193 Å². The number of amides is 1. The molecule has 0 spiro atoms. The fourth-order valence-electron chi connectivity index (χ4n) is 3.93. The highest BCUT2D eigenvalue weighted by molar-refractivity contribution is 5.81. The lowest BCUT2D eigenvalue weighted by Gasteiger charge is -2.28. The first-order valence-electron chi connectivity index (χ1n) is 10.9. The third-order valence-corrected chi connectivity index (χ3v) is 5.43. The summed E-state index contributed by atoms with van der Waals surface area (Å²) >= 11 is 0. The zero-order chi connectivity index (χ0) is 24.2. The van der Waals surface area contributed by atoms with Gasteiger partial charge in [0.05, 0.1) is 19.8 Å². The highest BCUT2D eigenvalue weighted by atomic mass is 16.8. The zero-order valence-electron chi connectivity index (χ0n) is 19.6. The summed E-state index contributed by atoms with van der Waals surface area (Å²) in [4.78, 5) is 24.7. The summed E-state index contributed by atoms with van der Waals surface area (Å²) in [6, 6.07) is 8.08. The van der Waals surface area contributed by atoms with Crippen molar-refractivity contribution in [2.24, 2.45) is 0 Å². The van der Waals surface area contributed by atoms with Crippen LogP contribution in [0.1, 0.15) is 39.7 Å². The molecular formula is C23H33NO9. The Balaban J connectivity index is 1.65. The summed E-state index contributed by atoms with van der Waals surface area (Å²) in [6.07, 6.45) is -4.06. The monoisotopic (exact) mass is 467 g/mol. The normalized spacial score (nSPS) is 27.5. The molecule has 0 aliphatic carbocycles. The Morgan fingerprint density at radius 3 is 2.42 bits per heavy atom. The van der Waals surface area contributed by atoms with Gasteiger partial charge in [-0.25, -0.2) is 9.59 Å². The van der Waals surface area contributed by atoms with Crippen LogP contribution >= 0.6 is 0 Å². The molecule has 5 atom stereocenters. The first-order chi connectivity index (χ1) is 15.5. The van der Waals surface area contributed by atoms with Gasteiger partial charge in [-0.2, -0.15) is 0 Å². The van der Waals surface area contributed by atoms with E-state index in [1.807, 2.05) is 30.3 Å². The molecule has 1 unspecified atom stereocenters. The van der Waals surface area contributed by atoms with Crippen LogP contribution in [0.3, 0.4) is 0 Å². The van der Waals surface area contributed by atoms with E-state index in [1.54, 1.807) is 27.7 Å². The molecule has 1 aromatic rings. The van der Waals surface area contributed by atoms with Gasteiger partial charge in [0.25, 0.3) is 0 Å². The lowest BCUT2D eigenvalue weighted by molar-refractivity contribution is -0.178. The highest BCUT2D eigenvalue weighted by Gasteiger charge is 2.50. The van der Waals surface area contributed by atoms with E-state index in [0.29, 0.717) is 0 Å². The quantitative estimate of drug-likeness (QED) is 0.552. The molecule has 10 heteroatoms. The number of ether oxygens (including phenoxy) is 6. The van der Waals surface area contributed by atoms with Gasteiger partial charge in [-0.1, -0.05) is 30.3 Å². The van der Waals surface area contributed by atoms with Crippen LogP contribution in [0.4, 0.5) is 4.79 Å². The smallest absolute Gasteiger partial charge is 0.408 e. The van der Waals surface area contributed by atoms with E-state index in [2.05, 4.69) is 5.32 Å². The lowest BCUT2D eigenvalue weighted by atomic mass is 9.98. The number of hydrogen-bond acceptors (Lipinski definition) is 9. The van der Waals surface area contributed by atoms with E-state index in [-0.39, 0.29) is 19.6 Å². The lowest BCUT2D eigenvalue weighted by Crippen LogP contribution is -2.49. The van der Waals surface area contributed by atoms with Gasteiger partial charge in [0.1, 0.15) is 31.0 Å². The SMILES string of the molecule is COC(=O)C(C[C@H]1OC(C)(C)O[C@H]1[C@H](O)[C@H]1COC(C)(C)O1)NC(=O)OCc1ccccc1. The largest absolute Gasteiger partial charge is 0.467 e.